The fourth-order valence-electron chi connectivity index (χ4n) is 3.97. The predicted octanol–water partition coefficient (Wildman–Crippen LogP) is 2.86. The summed E-state index contributed by atoms with van der Waals surface area (Å²) in [5.74, 6) is 0.127. The van der Waals surface area contributed by atoms with Crippen LogP contribution in [0.25, 0.3) is 0 Å². The van der Waals surface area contributed by atoms with Crippen LogP contribution in [0.3, 0.4) is 0 Å². The Balaban J connectivity index is 1.50. The number of carbonyl (C=O) groups excluding carboxylic acids is 1. The second-order valence-corrected chi connectivity index (χ2v) is 9.25. The van der Waals surface area contributed by atoms with Crippen molar-refractivity contribution in [2.75, 3.05) is 19.6 Å². The van der Waals surface area contributed by atoms with Crippen molar-refractivity contribution >= 4 is 16.1 Å². The second kappa shape index (κ2) is 9.01. The fraction of sp³-hybridized carbons (Fsp3) is 0.632. The maximum absolute atomic E-state index is 13.3. The molecule has 1 saturated heterocycles. The van der Waals surface area contributed by atoms with Gasteiger partial charge in [0, 0.05) is 25.7 Å². The molecule has 2 aliphatic rings. The molecule has 6 nitrogen and oxygen atoms in total. The molecule has 8 heteroatoms. The van der Waals surface area contributed by atoms with Gasteiger partial charge in [0.25, 0.3) is 0 Å². The van der Waals surface area contributed by atoms with Gasteiger partial charge in [0.2, 0.25) is 10.0 Å². The van der Waals surface area contributed by atoms with Gasteiger partial charge in [-0.3, -0.25) is 0 Å². The molecule has 1 unspecified atom stereocenters. The number of hydrogen-bond acceptors (Lipinski definition) is 3. The molecular weight excluding hydrogens is 369 g/mol. The number of likely N-dealkylation sites (tertiary alicyclic amines) is 1. The topological polar surface area (TPSA) is 78.5 Å². The van der Waals surface area contributed by atoms with Crippen LogP contribution in [0.15, 0.2) is 29.2 Å². The minimum Gasteiger partial charge on any atom is -0.338 e. The number of nitrogens with one attached hydrogen (secondary N) is 2. The van der Waals surface area contributed by atoms with Gasteiger partial charge in [-0.15, -0.1) is 0 Å². The molecule has 0 radical (unpaired) electrons. The van der Waals surface area contributed by atoms with Crippen LogP contribution in [0, 0.1) is 11.7 Å². The van der Waals surface area contributed by atoms with E-state index in [2.05, 4.69) is 10.0 Å². The van der Waals surface area contributed by atoms with Crippen molar-refractivity contribution in [3.05, 3.63) is 30.1 Å². The van der Waals surface area contributed by atoms with E-state index in [1.54, 1.807) is 4.90 Å². The van der Waals surface area contributed by atoms with Gasteiger partial charge in [-0.2, -0.15) is 0 Å². The number of hydrogen-bond donors (Lipinski definition) is 2. The highest BCUT2D eigenvalue weighted by Crippen LogP contribution is 2.27. The standard InChI is InChI=1S/C19H28FN3O3S/c20-16-7-3-9-18(13-16)27(25,26)22-17-8-4-12-23(14-17)19(24)21-11-10-15-5-1-2-6-15/h3,7,9,13,15,17,22H,1-2,4-6,8,10-12,14H2,(H,21,24). The number of benzene rings is 1. The summed E-state index contributed by atoms with van der Waals surface area (Å²) in [6.45, 7) is 1.61. The lowest BCUT2D eigenvalue weighted by atomic mass is 10.0. The van der Waals surface area contributed by atoms with Crippen LogP contribution in [0.4, 0.5) is 9.18 Å². The molecule has 2 fully saturated rings. The van der Waals surface area contributed by atoms with Crippen molar-refractivity contribution in [3.63, 3.8) is 0 Å². The summed E-state index contributed by atoms with van der Waals surface area (Å²) in [7, 11) is -3.81. The summed E-state index contributed by atoms with van der Waals surface area (Å²) in [5.41, 5.74) is 0. The van der Waals surface area contributed by atoms with Crippen LogP contribution >= 0.6 is 0 Å². The van der Waals surface area contributed by atoms with Crippen LogP contribution in [0.2, 0.25) is 0 Å². The maximum Gasteiger partial charge on any atom is 0.317 e. The first kappa shape index (κ1) is 20.1. The number of amides is 2. The number of urea groups is 1. The first-order valence-electron chi connectivity index (χ1n) is 9.75. The number of nitrogens with zero attached hydrogens (tertiary/aromatic N) is 1. The molecule has 1 aromatic carbocycles. The zero-order valence-electron chi connectivity index (χ0n) is 15.5. The number of halogens is 1. The Morgan fingerprint density at radius 3 is 2.70 bits per heavy atom. The van der Waals surface area contributed by atoms with E-state index in [1.165, 1.54) is 43.9 Å². The van der Waals surface area contributed by atoms with Crippen LogP contribution in [0.5, 0.6) is 0 Å². The van der Waals surface area contributed by atoms with E-state index in [4.69, 9.17) is 0 Å². The molecule has 0 aromatic heterocycles. The van der Waals surface area contributed by atoms with Gasteiger partial charge in [0.1, 0.15) is 5.82 Å². The molecule has 27 heavy (non-hydrogen) atoms. The molecule has 1 heterocycles. The normalized spacial score (nSPS) is 21.4. The van der Waals surface area contributed by atoms with Crippen LogP contribution in [-0.4, -0.2) is 45.0 Å². The van der Waals surface area contributed by atoms with Crippen molar-refractivity contribution in [1.29, 1.82) is 0 Å². The molecule has 2 amide bonds. The van der Waals surface area contributed by atoms with Gasteiger partial charge in [-0.25, -0.2) is 22.3 Å². The Labute approximate surface area is 160 Å². The Kier molecular flexibility index (Phi) is 6.70. The lowest BCUT2D eigenvalue weighted by Gasteiger charge is -2.33. The molecule has 150 valence electrons. The minimum absolute atomic E-state index is 0.0966. The largest absolute Gasteiger partial charge is 0.338 e. The van der Waals surface area contributed by atoms with Gasteiger partial charge in [0.05, 0.1) is 4.90 Å². The third-order valence-corrected chi connectivity index (χ3v) is 6.96. The first-order chi connectivity index (χ1) is 12.9. The molecule has 1 atom stereocenters. The lowest BCUT2D eigenvalue weighted by molar-refractivity contribution is 0.177. The van der Waals surface area contributed by atoms with Crippen molar-refractivity contribution < 1.29 is 17.6 Å². The van der Waals surface area contributed by atoms with Gasteiger partial charge in [0.15, 0.2) is 0 Å². The average Bonchev–Trinajstić information content (AvgIpc) is 3.15. The smallest absolute Gasteiger partial charge is 0.317 e. The van der Waals surface area contributed by atoms with E-state index in [0.717, 1.165) is 24.8 Å². The maximum atomic E-state index is 13.3. The monoisotopic (exact) mass is 397 g/mol. The summed E-state index contributed by atoms with van der Waals surface area (Å²) in [6, 6.07) is 4.43. The summed E-state index contributed by atoms with van der Waals surface area (Å²) >= 11 is 0. The summed E-state index contributed by atoms with van der Waals surface area (Å²) in [4.78, 5) is 14.0. The lowest BCUT2D eigenvalue weighted by Crippen LogP contribution is -2.52. The van der Waals surface area contributed by atoms with E-state index >= 15 is 0 Å². The highest BCUT2D eigenvalue weighted by molar-refractivity contribution is 7.89. The van der Waals surface area contributed by atoms with Crippen LogP contribution in [0.1, 0.15) is 44.9 Å². The van der Waals surface area contributed by atoms with Crippen LogP contribution in [-0.2, 0) is 10.0 Å². The Hall–Kier alpha value is -1.67. The highest BCUT2D eigenvalue weighted by Gasteiger charge is 2.28. The zero-order valence-corrected chi connectivity index (χ0v) is 16.3. The SMILES string of the molecule is O=C(NCCC1CCCC1)N1CCCC(NS(=O)(=O)c2cccc(F)c2)C1. The second-order valence-electron chi connectivity index (χ2n) is 7.53. The fourth-order valence-corrected chi connectivity index (χ4v) is 5.27. The van der Waals surface area contributed by atoms with E-state index in [-0.39, 0.29) is 17.0 Å². The van der Waals surface area contributed by atoms with Crippen molar-refractivity contribution in [2.24, 2.45) is 5.92 Å². The number of piperidine rings is 1. The van der Waals surface area contributed by atoms with E-state index in [1.807, 2.05) is 0 Å². The van der Waals surface area contributed by atoms with E-state index < -0.39 is 15.8 Å². The average molecular weight is 398 g/mol. The minimum atomic E-state index is -3.81. The Morgan fingerprint density at radius 1 is 1.19 bits per heavy atom. The first-order valence-corrected chi connectivity index (χ1v) is 11.2. The van der Waals surface area contributed by atoms with E-state index in [0.29, 0.717) is 26.1 Å². The molecule has 1 aromatic rings. The van der Waals surface area contributed by atoms with Gasteiger partial charge < -0.3 is 10.2 Å². The highest BCUT2D eigenvalue weighted by atomic mass is 32.2. The summed E-state index contributed by atoms with van der Waals surface area (Å²) in [5, 5.41) is 2.96. The molecular formula is C19H28FN3O3S. The van der Waals surface area contributed by atoms with E-state index in [9.17, 15) is 17.6 Å². The van der Waals surface area contributed by atoms with Gasteiger partial charge >= 0.3 is 6.03 Å². The van der Waals surface area contributed by atoms with Crippen molar-refractivity contribution in [1.82, 2.24) is 14.9 Å². The number of sulfonamides is 1. The Morgan fingerprint density at radius 2 is 1.96 bits per heavy atom. The molecule has 0 spiro atoms. The molecule has 3 rings (SSSR count). The van der Waals surface area contributed by atoms with Crippen molar-refractivity contribution in [3.8, 4) is 0 Å². The number of rotatable bonds is 6. The molecule has 0 bridgehead atoms. The third-order valence-electron chi connectivity index (χ3n) is 5.44. The number of carbonyl (C=O) groups is 1. The van der Waals surface area contributed by atoms with Crippen molar-refractivity contribution in [2.45, 2.75) is 55.9 Å². The van der Waals surface area contributed by atoms with Gasteiger partial charge in [-0.1, -0.05) is 31.7 Å². The summed E-state index contributed by atoms with van der Waals surface area (Å²) in [6.07, 6.45) is 7.48. The van der Waals surface area contributed by atoms with Crippen LogP contribution < -0.4 is 10.0 Å². The Bertz CT molecular complexity index is 750. The zero-order chi connectivity index (χ0) is 19.3. The predicted molar refractivity (Wildman–Crippen MR) is 101 cm³/mol. The molecule has 1 aliphatic carbocycles. The quantitative estimate of drug-likeness (QED) is 0.775. The molecule has 1 aliphatic heterocycles. The molecule has 1 saturated carbocycles. The third kappa shape index (κ3) is 5.65. The van der Waals surface area contributed by atoms with Gasteiger partial charge in [-0.05, 0) is 43.4 Å². The summed E-state index contributed by atoms with van der Waals surface area (Å²) < 4.78 is 40.8. The molecule has 2 N–H and O–H groups in total.